The van der Waals surface area contributed by atoms with Gasteiger partial charge in [0, 0.05) is 18.5 Å². The van der Waals surface area contributed by atoms with E-state index in [0.717, 1.165) is 6.42 Å². The van der Waals surface area contributed by atoms with Gasteiger partial charge in [-0.1, -0.05) is 30.3 Å². The van der Waals surface area contributed by atoms with E-state index in [1.807, 2.05) is 25.1 Å². The lowest BCUT2D eigenvalue weighted by atomic mass is 10.1. The van der Waals surface area contributed by atoms with Gasteiger partial charge >= 0.3 is 0 Å². The molecule has 2 fully saturated rings. The van der Waals surface area contributed by atoms with Crippen molar-refractivity contribution in [2.45, 2.75) is 31.7 Å². The molecule has 21 heavy (non-hydrogen) atoms. The molecule has 1 aromatic rings. The van der Waals surface area contributed by atoms with Crippen LogP contribution in [0.5, 0.6) is 0 Å². The fourth-order valence-electron chi connectivity index (χ4n) is 3.36. The van der Waals surface area contributed by atoms with E-state index in [0.29, 0.717) is 18.9 Å². The first kappa shape index (κ1) is 14.6. The Morgan fingerprint density at radius 1 is 1.29 bits per heavy atom. The summed E-state index contributed by atoms with van der Waals surface area (Å²) in [7, 11) is -2.95. The van der Waals surface area contributed by atoms with E-state index < -0.39 is 9.84 Å². The van der Waals surface area contributed by atoms with Crippen molar-refractivity contribution in [1.82, 2.24) is 4.90 Å². The summed E-state index contributed by atoms with van der Waals surface area (Å²) in [6.07, 6.45) is 1.48. The van der Waals surface area contributed by atoms with Gasteiger partial charge in [-0.3, -0.25) is 4.79 Å². The first-order chi connectivity index (χ1) is 10.0. The van der Waals surface area contributed by atoms with Crippen molar-refractivity contribution in [3.8, 4) is 0 Å². The number of hydrogen-bond donors (Lipinski definition) is 0. The second-order valence-electron chi connectivity index (χ2n) is 6.04. The summed E-state index contributed by atoms with van der Waals surface area (Å²) in [4.78, 5) is 14.4. The zero-order chi connectivity index (χ0) is 15.0. The Balaban J connectivity index is 1.68. The Bertz CT molecular complexity index is 626. The Morgan fingerprint density at radius 2 is 2.00 bits per heavy atom. The largest absolute Gasteiger partial charge is 0.339 e. The van der Waals surface area contributed by atoms with Crippen LogP contribution in [-0.4, -0.2) is 43.3 Å². The third-order valence-corrected chi connectivity index (χ3v) is 6.36. The maximum atomic E-state index is 12.6. The highest BCUT2D eigenvalue weighted by atomic mass is 32.2. The summed E-state index contributed by atoms with van der Waals surface area (Å²) in [5, 5.41) is 0. The van der Waals surface area contributed by atoms with Crippen molar-refractivity contribution < 1.29 is 13.2 Å². The molecule has 1 saturated carbocycles. The van der Waals surface area contributed by atoms with Gasteiger partial charge in [0.2, 0.25) is 5.91 Å². The molecule has 3 atom stereocenters. The smallest absolute Gasteiger partial charge is 0.226 e. The van der Waals surface area contributed by atoms with Crippen LogP contribution in [0.3, 0.4) is 0 Å². The SMILES string of the molecule is CCN(C(=O)C1CC1c1ccccc1)C1CCS(=O)(=O)C1. The van der Waals surface area contributed by atoms with E-state index in [9.17, 15) is 13.2 Å². The zero-order valence-electron chi connectivity index (χ0n) is 12.2. The van der Waals surface area contributed by atoms with Crippen LogP contribution in [-0.2, 0) is 14.6 Å². The average molecular weight is 307 g/mol. The maximum Gasteiger partial charge on any atom is 0.226 e. The van der Waals surface area contributed by atoms with E-state index in [1.165, 1.54) is 5.56 Å². The van der Waals surface area contributed by atoms with Crippen molar-refractivity contribution in [2.24, 2.45) is 5.92 Å². The van der Waals surface area contributed by atoms with Crippen LogP contribution in [0, 0.1) is 5.92 Å². The molecule has 1 aliphatic carbocycles. The molecule has 0 spiro atoms. The molecule has 1 aliphatic heterocycles. The number of amides is 1. The molecule has 0 aromatic heterocycles. The lowest BCUT2D eigenvalue weighted by Gasteiger charge is -2.27. The number of carbonyl (C=O) groups excluding carboxylic acids is 1. The molecule has 3 unspecified atom stereocenters. The average Bonchev–Trinajstić information content (AvgIpc) is 3.19. The minimum absolute atomic E-state index is 0.0376. The number of benzene rings is 1. The van der Waals surface area contributed by atoms with Gasteiger partial charge in [-0.15, -0.1) is 0 Å². The lowest BCUT2D eigenvalue weighted by Crippen LogP contribution is -2.42. The predicted molar refractivity (Wildman–Crippen MR) is 81.7 cm³/mol. The Kier molecular flexibility index (Phi) is 3.78. The van der Waals surface area contributed by atoms with Crippen LogP contribution in [0.25, 0.3) is 0 Å². The Labute approximate surface area is 126 Å². The van der Waals surface area contributed by atoms with Crippen molar-refractivity contribution in [3.05, 3.63) is 35.9 Å². The molecule has 1 saturated heterocycles. The summed E-state index contributed by atoms with van der Waals surface area (Å²) >= 11 is 0. The van der Waals surface area contributed by atoms with E-state index in [2.05, 4.69) is 12.1 Å². The summed E-state index contributed by atoms with van der Waals surface area (Å²) < 4.78 is 23.2. The van der Waals surface area contributed by atoms with Crippen molar-refractivity contribution in [3.63, 3.8) is 0 Å². The number of sulfone groups is 1. The highest BCUT2D eigenvalue weighted by Gasteiger charge is 2.47. The molecule has 114 valence electrons. The fourth-order valence-corrected chi connectivity index (χ4v) is 5.10. The number of nitrogens with zero attached hydrogens (tertiary/aromatic N) is 1. The molecule has 4 nitrogen and oxygen atoms in total. The molecule has 0 radical (unpaired) electrons. The Hall–Kier alpha value is -1.36. The van der Waals surface area contributed by atoms with Gasteiger partial charge in [-0.2, -0.15) is 0 Å². The van der Waals surface area contributed by atoms with Crippen molar-refractivity contribution in [1.29, 1.82) is 0 Å². The molecular formula is C16H21NO3S. The van der Waals surface area contributed by atoms with Gasteiger partial charge in [0.05, 0.1) is 11.5 Å². The third-order valence-electron chi connectivity index (χ3n) is 4.61. The van der Waals surface area contributed by atoms with Gasteiger partial charge in [-0.25, -0.2) is 8.42 Å². The normalized spacial score (nSPS) is 30.0. The summed E-state index contributed by atoms with van der Waals surface area (Å²) in [5.41, 5.74) is 1.21. The monoisotopic (exact) mass is 307 g/mol. The van der Waals surface area contributed by atoms with Crippen LogP contribution >= 0.6 is 0 Å². The van der Waals surface area contributed by atoms with E-state index in [1.54, 1.807) is 4.90 Å². The lowest BCUT2D eigenvalue weighted by molar-refractivity contribution is -0.134. The summed E-state index contributed by atoms with van der Waals surface area (Å²) in [5.74, 6) is 0.832. The quantitative estimate of drug-likeness (QED) is 0.852. The number of rotatable bonds is 4. The molecule has 1 amide bonds. The van der Waals surface area contributed by atoms with Gasteiger partial charge in [0.15, 0.2) is 9.84 Å². The van der Waals surface area contributed by atoms with E-state index in [4.69, 9.17) is 0 Å². The standard InChI is InChI=1S/C16H21NO3S/c1-2-17(13-8-9-21(19,20)11-13)16(18)15-10-14(15)12-6-4-3-5-7-12/h3-7,13-15H,2,8-11H2,1H3. The van der Waals surface area contributed by atoms with E-state index in [-0.39, 0.29) is 29.4 Å². The number of hydrogen-bond acceptors (Lipinski definition) is 3. The van der Waals surface area contributed by atoms with Crippen LogP contribution in [0.15, 0.2) is 30.3 Å². The minimum Gasteiger partial charge on any atom is -0.339 e. The first-order valence-corrected chi connectivity index (χ1v) is 9.40. The van der Waals surface area contributed by atoms with Gasteiger partial charge < -0.3 is 4.90 Å². The Morgan fingerprint density at radius 3 is 2.57 bits per heavy atom. The zero-order valence-corrected chi connectivity index (χ0v) is 13.1. The van der Waals surface area contributed by atoms with Crippen LogP contribution in [0.1, 0.15) is 31.2 Å². The predicted octanol–water partition coefficient (Wildman–Crippen LogP) is 1.83. The molecule has 5 heteroatoms. The number of carbonyl (C=O) groups is 1. The van der Waals surface area contributed by atoms with Crippen LogP contribution in [0.2, 0.25) is 0 Å². The third kappa shape index (κ3) is 2.98. The van der Waals surface area contributed by atoms with Gasteiger partial charge in [0.1, 0.15) is 0 Å². The molecule has 2 aliphatic rings. The maximum absolute atomic E-state index is 12.6. The van der Waals surface area contributed by atoms with Gasteiger partial charge in [-0.05, 0) is 31.2 Å². The highest BCUT2D eigenvalue weighted by Crippen LogP contribution is 2.48. The molecule has 0 N–H and O–H groups in total. The van der Waals surface area contributed by atoms with Crippen molar-refractivity contribution in [2.75, 3.05) is 18.1 Å². The van der Waals surface area contributed by atoms with Gasteiger partial charge in [0.25, 0.3) is 0 Å². The molecule has 3 rings (SSSR count). The fraction of sp³-hybridized carbons (Fsp3) is 0.562. The van der Waals surface area contributed by atoms with E-state index >= 15 is 0 Å². The molecule has 1 aromatic carbocycles. The van der Waals surface area contributed by atoms with Crippen LogP contribution in [0.4, 0.5) is 0 Å². The van der Waals surface area contributed by atoms with Crippen LogP contribution < -0.4 is 0 Å². The minimum atomic E-state index is -2.95. The topological polar surface area (TPSA) is 54.5 Å². The first-order valence-electron chi connectivity index (χ1n) is 7.57. The molecule has 1 heterocycles. The summed E-state index contributed by atoms with van der Waals surface area (Å²) in [6.45, 7) is 2.53. The second-order valence-corrected chi connectivity index (χ2v) is 8.27. The molecular weight excluding hydrogens is 286 g/mol. The summed E-state index contributed by atoms with van der Waals surface area (Å²) in [6, 6.07) is 9.98. The van der Waals surface area contributed by atoms with Crippen molar-refractivity contribution >= 4 is 15.7 Å². The highest BCUT2D eigenvalue weighted by molar-refractivity contribution is 7.91. The molecule has 0 bridgehead atoms. The second kappa shape index (κ2) is 5.44.